The lowest BCUT2D eigenvalue weighted by Gasteiger charge is -2.17. The minimum absolute atomic E-state index is 0.206. The zero-order valence-electron chi connectivity index (χ0n) is 10.6. The second kappa shape index (κ2) is 6.26. The second-order valence-corrected chi connectivity index (χ2v) is 4.30. The average molecular weight is 249 g/mol. The molecule has 1 aromatic carbocycles. The van der Waals surface area contributed by atoms with Crippen molar-refractivity contribution in [1.29, 1.82) is 0 Å². The van der Waals surface area contributed by atoms with Crippen LogP contribution in [0.15, 0.2) is 24.3 Å². The number of amides is 2. The lowest BCUT2D eigenvalue weighted by molar-refractivity contribution is 0.177. The van der Waals surface area contributed by atoms with Crippen LogP contribution in [0.2, 0.25) is 0 Å². The fraction of sp³-hybridized carbons (Fsp3) is 0.462. The zero-order valence-corrected chi connectivity index (χ0v) is 10.6. The molecule has 1 saturated heterocycles. The summed E-state index contributed by atoms with van der Waals surface area (Å²) in [6, 6.07) is 7.65. The number of hydrogen-bond acceptors (Lipinski definition) is 3. The van der Waals surface area contributed by atoms with E-state index in [2.05, 4.69) is 15.5 Å². The maximum Gasteiger partial charge on any atom is 0.321 e. The standard InChI is InChI=1S/C13H19N3O2/c1-18-10-14-13(17)15-11-4-6-12(7-5-11)16-8-2-3-9-16/h4-7H,2-3,8-10H2,1H3,(H2,14,15,17). The van der Waals surface area contributed by atoms with Crippen LogP contribution in [0, 0.1) is 0 Å². The summed E-state index contributed by atoms with van der Waals surface area (Å²) in [5.74, 6) is 0. The number of hydrogen-bond donors (Lipinski definition) is 2. The van der Waals surface area contributed by atoms with E-state index in [4.69, 9.17) is 4.74 Å². The lowest BCUT2D eigenvalue weighted by atomic mass is 10.2. The first-order chi connectivity index (χ1) is 8.79. The highest BCUT2D eigenvalue weighted by molar-refractivity contribution is 5.89. The van der Waals surface area contributed by atoms with Gasteiger partial charge in [0.1, 0.15) is 6.73 Å². The molecule has 0 atom stereocenters. The Balaban J connectivity index is 1.88. The molecule has 0 aromatic heterocycles. The maximum atomic E-state index is 11.4. The normalized spacial score (nSPS) is 14.6. The van der Waals surface area contributed by atoms with Gasteiger partial charge in [-0.25, -0.2) is 4.79 Å². The lowest BCUT2D eigenvalue weighted by Crippen LogP contribution is -2.30. The van der Waals surface area contributed by atoms with Gasteiger partial charge in [0.15, 0.2) is 0 Å². The van der Waals surface area contributed by atoms with Crippen LogP contribution < -0.4 is 15.5 Å². The number of nitrogens with one attached hydrogen (secondary N) is 2. The SMILES string of the molecule is COCNC(=O)Nc1ccc(N2CCCC2)cc1. The average Bonchev–Trinajstić information content (AvgIpc) is 2.91. The minimum atomic E-state index is -0.259. The van der Waals surface area contributed by atoms with Gasteiger partial charge >= 0.3 is 6.03 Å². The number of anilines is 2. The Kier molecular flexibility index (Phi) is 4.41. The van der Waals surface area contributed by atoms with Crippen LogP contribution in [0.25, 0.3) is 0 Å². The molecule has 0 bridgehead atoms. The van der Waals surface area contributed by atoms with Crippen LogP contribution in [0.1, 0.15) is 12.8 Å². The van der Waals surface area contributed by atoms with Gasteiger partial charge in [0.2, 0.25) is 0 Å². The van der Waals surface area contributed by atoms with Crippen molar-refractivity contribution in [2.24, 2.45) is 0 Å². The molecule has 5 heteroatoms. The number of ether oxygens (including phenoxy) is 1. The molecular weight excluding hydrogens is 230 g/mol. The van der Waals surface area contributed by atoms with E-state index in [0.717, 1.165) is 18.8 Å². The number of urea groups is 1. The summed E-state index contributed by atoms with van der Waals surface area (Å²) in [5.41, 5.74) is 2.00. The Labute approximate surface area is 107 Å². The molecule has 98 valence electrons. The third-order valence-corrected chi connectivity index (χ3v) is 2.97. The van der Waals surface area contributed by atoms with Crippen LogP contribution in [0.5, 0.6) is 0 Å². The van der Waals surface area contributed by atoms with Gasteiger partial charge < -0.3 is 20.3 Å². The fourth-order valence-corrected chi connectivity index (χ4v) is 2.04. The summed E-state index contributed by atoms with van der Waals surface area (Å²) in [6.45, 7) is 2.46. The van der Waals surface area contributed by atoms with Gasteiger partial charge in [-0.05, 0) is 37.1 Å². The Hall–Kier alpha value is -1.75. The summed E-state index contributed by atoms with van der Waals surface area (Å²) in [6.07, 6.45) is 2.53. The van der Waals surface area contributed by atoms with E-state index in [-0.39, 0.29) is 12.8 Å². The highest BCUT2D eigenvalue weighted by Crippen LogP contribution is 2.21. The van der Waals surface area contributed by atoms with E-state index >= 15 is 0 Å². The van der Waals surface area contributed by atoms with Crippen molar-refractivity contribution >= 4 is 17.4 Å². The fourth-order valence-electron chi connectivity index (χ4n) is 2.04. The molecule has 0 unspecified atom stereocenters. The van der Waals surface area contributed by atoms with Gasteiger partial charge in [-0.3, -0.25) is 0 Å². The third kappa shape index (κ3) is 3.37. The molecule has 2 rings (SSSR count). The van der Waals surface area contributed by atoms with Gasteiger partial charge in [-0.2, -0.15) is 0 Å². The van der Waals surface area contributed by atoms with Gasteiger partial charge in [-0.1, -0.05) is 0 Å². The summed E-state index contributed by atoms with van der Waals surface area (Å²) in [4.78, 5) is 13.8. The van der Waals surface area contributed by atoms with E-state index in [9.17, 15) is 4.79 Å². The summed E-state index contributed by atoms with van der Waals surface area (Å²) >= 11 is 0. The molecule has 1 heterocycles. The van der Waals surface area contributed by atoms with Crippen molar-refractivity contribution in [2.45, 2.75) is 12.8 Å². The first kappa shape index (κ1) is 12.7. The molecule has 0 spiro atoms. The third-order valence-electron chi connectivity index (χ3n) is 2.97. The van der Waals surface area contributed by atoms with Crippen LogP contribution >= 0.6 is 0 Å². The molecule has 0 saturated carbocycles. The van der Waals surface area contributed by atoms with Crippen molar-refractivity contribution in [3.63, 3.8) is 0 Å². The number of benzene rings is 1. The van der Waals surface area contributed by atoms with Crippen LogP contribution in [-0.2, 0) is 4.74 Å². The highest BCUT2D eigenvalue weighted by Gasteiger charge is 2.11. The van der Waals surface area contributed by atoms with Gasteiger partial charge in [-0.15, -0.1) is 0 Å². The molecule has 2 amide bonds. The monoisotopic (exact) mass is 249 g/mol. The maximum absolute atomic E-state index is 11.4. The Morgan fingerprint density at radius 2 is 1.94 bits per heavy atom. The van der Waals surface area contributed by atoms with Crippen molar-refractivity contribution in [1.82, 2.24) is 5.32 Å². The van der Waals surface area contributed by atoms with E-state index < -0.39 is 0 Å². The molecule has 18 heavy (non-hydrogen) atoms. The van der Waals surface area contributed by atoms with Crippen LogP contribution in [0.4, 0.5) is 16.2 Å². The molecule has 2 N–H and O–H groups in total. The summed E-state index contributed by atoms with van der Waals surface area (Å²) < 4.78 is 4.76. The summed E-state index contributed by atoms with van der Waals surface area (Å²) in [7, 11) is 1.53. The Morgan fingerprint density at radius 3 is 2.56 bits per heavy atom. The van der Waals surface area contributed by atoms with Crippen molar-refractivity contribution in [2.75, 3.05) is 37.1 Å². The molecular formula is C13H19N3O2. The molecule has 1 aliphatic rings. The van der Waals surface area contributed by atoms with Crippen LogP contribution in [-0.4, -0.2) is 33.0 Å². The molecule has 1 fully saturated rings. The Bertz CT molecular complexity index is 386. The van der Waals surface area contributed by atoms with Crippen molar-refractivity contribution < 1.29 is 9.53 Å². The number of methoxy groups -OCH3 is 1. The van der Waals surface area contributed by atoms with Crippen molar-refractivity contribution in [3.05, 3.63) is 24.3 Å². The molecule has 5 nitrogen and oxygen atoms in total. The van der Waals surface area contributed by atoms with Gasteiger partial charge in [0.25, 0.3) is 0 Å². The highest BCUT2D eigenvalue weighted by atomic mass is 16.5. The molecule has 1 aliphatic heterocycles. The van der Waals surface area contributed by atoms with Gasteiger partial charge in [0, 0.05) is 31.6 Å². The molecule has 0 aliphatic carbocycles. The predicted molar refractivity (Wildman–Crippen MR) is 71.9 cm³/mol. The smallest absolute Gasteiger partial charge is 0.321 e. The zero-order chi connectivity index (χ0) is 12.8. The van der Waals surface area contributed by atoms with Crippen LogP contribution in [0.3, 0.4) is 0 Å². The Morgan fingerprint density at radius 1 is 1.28 bits per heavy atom. The van der Waals surface area contributed by atoms with Gasteiger partial charge in [0.05, 0.1) is 0 Å². The molecule has 1 aromatic rings. The number of nitrogens with zero attached hydrogens (tertiary/aromatic N) is 1. The largest absolute Gasteiger partial charge is 0.372 e. The quantitative estimate of drug-likeness (QED) is 0.803. The minimum Gasteiger partial charge on any atom is -0.372 e. The number of carbonyl (C=O) groups excluding carboxylic acids is 1. The van der Waals surface area contributed by atoms with Crippen molar-refractivity contribution in [3.8, 4) is 0 Å². The summed E-state index contributed by atoms with van der Waals surface area (Å²) in [5, 5.41) is 5.31. The van der Waals surface area contributed by atoms with E-state index in [0.29, 0.717) is 0 Å². The second-order valence-electron chi connectivity index (χ2n) is 4.30. The predicted octanol–water partition coefficient (Wildman–Crippen LogP) is 2.01. The van der Waals surface area contributed by atoms with E-state index in [1.807, 2.05) is 24.3 Å². The topological polar surface area (TPSA) is 53.6 Å². The number of carbonyl (C=O) groups is 1. The van der Waals surface area contributed by atoms with E-state index in [1.54, 1.807) is 0 Å². The first-order valence-electron chi connectivity index (χ1n) is 6.18. The van der Waals surface area contributed by atoms with E-state index in [1.165, 1.54) is 25.6 Å². The molecule has 0 radical (unpaired) electrons. The first-order valence-corrected chi connectivity index (χ1v) is 6.18. The number of rotatable bonds is 4.